The third-order valence-electron chi connectivity index (χ3n) is 1.33. The lowest BCUT2D eigenvalue weighted by Gasteiger charge is -2.18. The van der Waals surface area contributed by atoms with Gasteiger partial charge in [0.05, 0.1) is 0 Å². The van der Waals surface area contributed by atoms with Gasteiger partial charge < -0.3 is 10.8 Å². The van der Waals surface area contributed by atoms with E-state index in [4.69, 9.17) is 34.0 Å². The first-order chi connectivity index (χ1) is 5.87. The molecule has 0 amide bonds. The van der Waals surface area contributed by atoms with Crippen molar-refractivity contribution in [2.24, 2.45) is 5.73 Å². The summed E-state index contributed by atoms with van der Waals surface area (Å²) in [5.41, 5.74) is 5.16. The molecule has 0 heterocycles. The zero-order chi connectivity index (χ0) is 10.5. The molecule has 78 valence electrons. The summed E-state index contributed by atoms with van der Waals surface area (Å²) in [7, 11) is 0. The molecular formula is C6H11Cl2FN2O2. The Morgan fingerprint density at radius 1 is 1.69 bits per heavy atom. The molecule has 7 heteroatoms. The maximum Gasteiger partial charge on any atom is 0.320 e. The van der Waals surface area contributed by atoms with Gasteiger partial charge in [-0.2, -0.15) is 4.39 Å². The van der Waals surface area contributed by atoms with Gasteiger partial charge in [-0.3, -0.25) is 4.79 Å². The summed E-state index contributed by atoms with van der Waals surface area (Å²) < 4.78 is 9.83. The Balaban J connectivity index is 4.03. The summed E-state index contributed by atoms with van der Waals surface area (Å²) in [6.07, 6.45) is 0.630. The molecule has 0 aliphatic carbocycles. The van der Waals surface area contributed by atoms with E-state index < -0.39 is 16.7 Å². The Labute approximate surface area is 85.2 Å². The molecule has 1 atom stereocenters. The topological polar surface area (TPSA) is 75.3 Å². The normalized spacial score (nSPS) is 14.2. The van der Waals surface area contributed by atoms with Gasteiger partial charge in [-0.1, -0.05) is 0 Å². The predicted octanol–water partition coefficient (Wildman–Crippen LogP) is 0.827. The standard InChI is InChI=1S/C6H11Cl2FN2O2/c7-6(8,9)11-4(5(12)13)2-1-3-10/h4,11H,1-3,10H2,(H,12,13). The monoisotopic (exact) mass is 232 g/mol. The molecule has 0 radical (unpaired) electrons. The largest absolute Gasteiger partial charge is 0.480 e. The van der Waals surface area contributed by atoms with E-state index in [1.807, 2.05) is 5.32 Å². The van der Waals surface area contributed by atoms with E-state index in [9.17, 15) is 9.18 Å². The molecular weight excluding hydrogens is 222 g/mol. The minimum absolute atomic E-state index is 0.178. The van der Waals surface area contributed by atoms with Crippen molar-refractivity contribution in [1.82, 2.24) is 5.32 Å². The first-order valence-electron chi connectivity index (χ1n) is 3.64. The van der Waals surface area contributed by atoms with Gasteiger partial charge in [0.1, 0.15) is 6.04 Å². The Hall–Kier alpha value is -0.100. The highest BCUT2D eigenvalue weighted by Crippen LogP contribution is 2.19. The molecule has 0 aromatic heterocycles. The average Bonchev–Trinajstić information content (AvgIpc) is 1.95. The van der Waals surface area contributed by atoms with Crippen LogP contribution in [0.2, 0.25) is 0 Å². The van der Waals surface area contributed by atoms with Crippen molar-refractivity contribution < 1.29 is 14.3 Å². The summed E-state index contributed by atoms with van der Waals surface area (Å²) in [4.78, 5) is 10.5. The van der Waals surface area contributed by atoms with Crippen molar-refractivity contribution in [2.45, 2.75) is 23.6 Å². The zero-order valence-corrected chi connectivity index (χ0v) is 8.28. The van der Waals surface area contributed by atoms with Gasteiger partial charge in [0.25, 0.3) is 0 Å². The Bertz CT molecular complexity index is 175. The first-order valence-corrected chi connectivity index (χ1v) is 4.39. The molecule has 4 nitrogen and oxygen atoms in total. The molecule has 0 aromatic rings. The summed E-state index contributed by atoms with van der Waals surface area (Å²) in [5.74, 6) is -1.21. The number of alkyl halides is 3. The van der Waals surface area contributed by atoms with Crippen LogP contribution in [-0.2, 0) is 4.79 Å². The molecule has 0 rings (SSSR count). The molecule has 1 unspecified atom stereocenters. The van der Waals surface area contributed by atoms with E-state index in [1.165, 1.54) is 0 Å². The summed E-state index contributed by atoms with van der Waals surface area (Å²) in [6, 6.07) is -1.12. The van der Waals surface area contributed by atoms with Gasteiger partial charge in [0.15, 0.2) is 0 Å². The number of hydrogen-bond acceptors (Lipinski definition) is 3. The number of nitrogens with one attached hydrogen (secondary N) is 1. The molecule has 0 bridgehead atoms. The van der Waals surface area contributed by atoms with Gasteiger partial charge in [-0.25, -0.2) is 5.32 Å². The molecule has 0 spiro atoms. The van der Waals surface area contributed by atoms with Crippen LogP contribution in [0.3, 0.4) is 0 Å². The molecule has 0 aliphatic rings. The third kappa shape index (κ3) is 7.01. The van der Waals surface area contributed by atoms with Crippen LogP contribution in [0.15, 0.2) is 0 Å². The number of rotatable bonds is 6. The SMILES string of the molecule is NCCCC(NC(F)(Cl)Cl)C(=O)O. The third-order valence-corrected chi connectivity index (χ3v) is 1.55. The second kappa shape index (κ2) is 5.59. The van der Waals surface area contributed by atoms with Crippen LogP contribution >= 0.6 is 23.2 Å². The summed E-state index contributed by atoms with van der Waals surface area (Å²) in [5, 5.41) is 10.5. The van der Waals surface area contributed by atoms with Crippen molar-refractivity contribution in [3.63, 3.8) is 0 Å². The van der Waals surface area contributed by atoms with Gasteiger partial charge >= 0.3 is 10.7 Å². The molecule has 4 N–H and O–H groups in total. The highest BCUT2D eigenvalue weighted by molar-refractivity contribution is 6.46. The maximum absolute atomic E-state index is 12.6. The van der Waals surface area contributed by atoms with Crippen molar-refractivity contribution in [2.75, 3.05) is 6.54 Å². The second-order valence-electron chi connectivity index (χ2n) is 2.46. The lowest BCUT2D eigenvalue weighted by Crippen LogP contribution is -2.44. The average molecular weight is 233 g/mol. The van der Waals surface area contributed by atoms with E-state index in [2.05, 4.69) is 0 Å². The first kappa shape index (κ1) is 12.9. The molecule has 13 heavy (non-hydrogen) atoms. The lowest BCUT2D eigenvalue weighted by molar-refractivity contribution is -0.140. The predicted molar refractivity (Wildman–Crippen MR) is 48.4 cm³/mol. The van der Waals surface area contributed by atoms with E-state index >= 15 is 0 Å². The highest BCUT2D eigenvalue weighted by Gasteiger charge is 2.29. The Morgan fingerprint density at radius 2 is 2.23 bits per heavy atom. The Kier molecular flexibility index (Phi) is 5.55. The number of nitrogens with two attached hydrogens (primary N) is 1. The van der Waals surface area contributed by atoms with E-state index in [0.29, 0.717) is 13.0 Å². The van der Waals surface area contributed by atoms with Gasteiger partial charge in [0.2, 0.25) is 0 Å². The van der Waals surface area contributed by atoms with Gasteiger partial charge in [-0.05, 0) is 42.6 Å². The fraction of sp³-hybridized carbons (Fsp3) is 0.833. The van der Waals surface area contributed by atoms with Gasteiger partial charge in [0, 0.05) is 0 Å². The molecule has 0 aliphatic heterocycles. The maximum atomic E-state index is 12.6. The van der Waals surface area contributed by atoms with Crippen LogP contribution in [0, 0.1) is 0 Å². The van der Waals surface area contributed by atoms with Crippen molar-refractivity contribution in [3.05, 3.63) is 0 Å². The van der Waals surface area contributed by atoms with Crippen molar-refractivity contribution in [3.8, 4) is 0 Å². The number of carboxylic acids is 1. The minimum atomic E-state index is -2.72. The fourth-order valence-corrected chi connectivity index (χ4v) is 1.04. The minimum Gasteiger partial charge on any atom is -0.480 e. The van der Waals surface area contributed by atoms with Crippen molar-refractivity contribution >= 4 is 29.2 Å². The molecule has 0 saturated carbocycles. The van der Waals surface area contributed by atoms with E-state index in [-0.39, 0.29) is 6.42 Å². The number of halogens is 3. The molecule has 0 fully saturated rings. The number of carboxylic acid groups (broad SMARTS) is 1. The molecule has 0 saturated heterocycles. The van der Waals surface area contributed by atoms with Crippen LogP contribution in [0.25, 0.3) is 0 Å². The van der Waals surface area contributed by atoms with Crippen LogP contribution in [0.5, 0.6) is 0 Å². The summed E-state index contributed by atoms with van der Waals surface area (Å²) in [6.45, 7) is 0.329. The fourth-order valence-electron chi connectivity index (χ4n) is 0.777. The van der Waals surface area contributed by atoms with Gasteiger partial charge in [-0.15, -0.1) is 0 Å². The van der Waals surface area contributed by atoms with E-state index in [0.717, 1.165) is 0 Å². The summed E-state index contributed by atoms with van der Waals surface area (Å²) >= 11 is 9.89. The zero-order valence-electron chi connectivity index (χ0n) is 6.77. The quantitative estimate of drug-likeness (QED) is 0.469. The highest BCUT2D eigenvalue weighted by atomic mass is 35.5. The number of aliphatic carboxylic acids is 1. The lowest BCUT2D eigenvalue weighted by atomic mass is 10.1. The van der Waals surface area contributed by atoms with Crippen LogP contribution in [0.4, 0.5) is 4.39 Å². The second-order valence-corrected chi connectivity index (χ2v) is 3.70. The van der Waals surface area contributed by atoms with Crippen LogP contribution in [0.1, 0.15) is 12.8 Å². The number of hydrogen-bond donors (Lipinski definition) is 3. The van der Waals surface area contributed by atoms with E-state index in [1.54, 1.807) is 0 Å². The van der Waals surface area contributed by atoms with Crippen LogP contribution in [-0.4, -0.2) is 28.4 Å². The van der Waals surface area contributed by atoms with Crippen LogP contribution < -0.4 is 11.1 Å². The smallest absolute Gasteiger partial charge is 0.320 e. The van der Waals surface area contributed by atoms with Crippen molar-refractivity contribution in [1.29, 1.82) is 0 Å². The number of carbonyl (C=O) groups is 1. The molecule has 0 aromatic carbocycles. The Morgan fingerprint density at radius 3 is 2.54 bits per heavy atom.